The second-order valence-corrected chi connectivity index (χ2v) is 8.13. The normalized spacial score (nSPS) is 17.0. The summed E-state index contributed by atoms with van der Waals surface area (Å²) in [6.45, 7) is 1.17. The average molecular weight is 424 g/mol. The molecule has 1 saturated heterocycles. The summed E-state index contributed by atoms with van der Waals surface area (Å²) in [5, 5.41) is 16.7. The molecule has 9 heteroatoms. The Labute approximate surface area is 184 Å². The summed E-state index contributed by atoms with van der Waals surface area (Å²) < 4.78 is 13.8. The summed E-state index contributed by atoms with van der Waals surface area (Å²) in [6, 6.07) is 6.14. The Morgan fingerprint density at radius 1 is 1.42 bits per heavy atom. The number of hydrogen-bond donors (Lipinski definition) is 1. The molecule has 2 fully saturated rings. The molecular formula is C22H28N8O. The van der Waals surface area contributed by atoms with Crippen LogP contribution in [0.3, 0.4) is 0 Å². The first kappa shape index (κ1) is 19.3. The van der Waals surface area contributed by atoms with Gasteiger partial charge in [0.15, 0.2) is 0 Å². The molecule has 2 aliphatic rings. The molecule has 1 aliphatic heterocycles. The van der Waals surface area contributed by atoms with Crippen LogP contribution < -0.4 is 5.32 Å². The van der Waals surface area contributed by atoms with Crippen LogP contribution in [-0.2, 0) is 17.4 Å². The van der Waals surface area contributed by atoms with E-state index < -0.39 is 0 Å². The second-order valence-electron chi connectivity index (χ2n) is 8.13. The standard InChI is InChI=1S/C21H22N8O.CH4.H2/c1-27-12-17(10-24-27)25-20-23-8-4-18(26-20)16-5-9-29(11-16)21(6-7-22)13-28(14-21)19(30)15-2-3-15;;/h4-5,8-12,15H,2-3,6,13-14H2,1H3,(H,23,25,26);1H4;1H/i;;1+2D. The molecule has 3 aromatic rings. The van der Waals surface area contributed by atoms with Gasteiger partial charge >= 0.3 is 0 Å². The van der Waals surface area contributed by atoms with Crippen molar-refractivity contribution in [2.24, 2.45) is 13.0 Å². The number of anilines is 2. The van der Waals surface area contributed by atoms with Gasteiger partial charge in [-0.15, -0.1) is 0 Å². The van der Waals surface area contributed by atoms with Gasteiger partial charge < -0.3 is 14.8 Å². The fourth-order valence-corrected chi connectivity index (χ4v) is 3.96. The first-order valence-corrected chi connectivity index (χ1v) is 10.00. The van der Waals surface area contributed by atoms with Crippen molar-refractivity contribution in [1.82, 2.24) is 29.2 Å². The molecule has 162 valence electrons. The van der Waals surface area contributed by atoms with Gasteiger partial charge in [0, 0.05) is 59.4 Å². The molecule has 1 N–H and O–H groups in total. The van der Waals surface area contributed by atoms with Gasteiger partial charge in [0.2, 0.25) is 11.9 Å². The zero-order valence-electron chi connectivity index (χ0n) is 18.7. The minimum Gasteiger partial charge on any atom is -0.343 e. The Morgan fingerprint density at radius 3 is 2.90 bits per heavy atom. The maximum Gasteiger partial charge on any atom is 0.227 e. The van der Waals surface area contributed by atoms with Crippen LogP contribution in [0.15, 0.2) is 43.1 Å². The van der Waals surface area contributed by atoms with E-state index in [0.717, 1.165) is 29.8 Å². The molecule has 3 aromatic heterocycles. The summed E-state index contributed by atoms with van der Waals surface area (Å²) >= 11 is 0. The second kappa shape index (κ2) is 7.87. The average Bonchev–Trinajstić information content (AvgIpc) is 3.37. The van der Waals surface area contributed by atoms with Crippen LogP contribution in [0.25, 0.3) is 11.3 Å². The number of aromatic nitrogens is 5. The van der Waals surface area contributed by atoms with Gasteiger partial charge in [0.05, 0.1) is 35.6 Å². The van der Waals surface area contributed by atoms with E-state index in [1.807, 2.05) is 42.7 Å². The van der Waals surface area contributed by atoms with E-state index >= 15 is 0 Å². The lowest BCUT2D eigenvalue weighted by Gasteiger charge is -2.50. The van der Waals surface area contributed by atoms with Gasteiger partial charge in [0.1, 0.15) is 0 Å². The van der Waals surface area contributed by atoms with Crippen molar-refractivity contribution in [3.63, 3.8) is 0 Å². The van der Waals surface area contributed by atoms with Gasteiger partial charge in [0.25, 0.3) is 0 Å². The molecule has 4 heterocycles. The van der Waals surface area contributed by atoms with Crippen LogP contribution in [-0.4, -0.2) is 48.2 Å². The van der Waals surface area contributed by atoms with Crippen LogP contribution in [0, 0.1) is 17.2 Å². The molecule has 0 bridgehead atoms. The highest BCUT2D eigenvalue weighted by Gasteiger charge is 2.49. The Balaban J connectivity index is 0.000000994. The number of hydrogen-bond acceptors (Lipinski definition) is 6. The maximum atomic E-state index is 12.3. The minimum atomic E-state index is -0.360. The topological polar surface area (TPSA) is 105 Å². The maximum absolute atomic E-state index is 12.3. The van der Waals surface area contributed by atoms with Crippen molar-refractivity contribution >= 4 is 17.5 Å². The summed E-state index contributed by atoms with van der Waals surface area (Å²) in [4.78, 5) is 23.1. The lowest BCUT2D eigenvalue weighted by atomic mass is 9.86. The van der Waals surface area contributed by atoms with Crippen LogP contribution in [0.5, 0.6) is 0 Å². The molecule has 1 saturated carbocycles. The van der Waals surface area contributed by atoms with Gasteiger partial charge in [-0.25, -0.2) is 9.97 Å². The summed E-state index contributed by atoms with van der Waals surface area (Å²) in [7, 11) is 1.85. The first-order chi connectivity index (χ1) is 15.6. The Morgan fingerprint density at radius 2 is 2.23 bits per heavy atom. The number of nitrogens with one attached hydrogen (secondary N) is 1. The molecule has 1 aliphatic carbocycles. The molecule has 0 spiro atoms. The van der Waals surface area contributed by atoms with Gasteiger partial charge in [-0.05, 0) is 25.0 Å². The van der Waals surface area contributed by atoms with Gasteiger partial charge in [-0.3, -0.25) is 9.48 Å². The predicted molar refractivity (Wildman–Crippen MR) is 118 cm³/mol. The van der Waals surface area contributed by atoms with E-state index in [0.29, 0.717) is 25.5 Å². The molecule has 5 rings (SSSR count). The Hall–Kier alpha value is -3.67. The van der Waals surface area contributed by atoms with Crippen molar-refractivity contribution in [1.29, 1.82) is 5.26 Å². The van der Waals surface area contributed by atoms with E-state index in [1.54, 1.807) is 17.1 Å². The largest absolute Gasteiger partial charge is 0.343 e. The summed E-state index contributed by atoms with van der Waals surface area (Å²) in [5.74, 6) is 0.930. The van der Waals surface area contributed by atoms with Crippen molar-refractivity contribution in [2.45, 2.75) is 32.2 Å². The number of aryl methyl sites for hydroxylation is 1. The number of rotatable bonds is 6. The van der Waals surface area contributed by atoms with E-state index in [4.69, 9.17) is 2.97 Å². The third-order valence-corrected chi connectivity index (χ3v) is 5.77. The van der Waals surface area contributed by atoms with E-state index in [9.17, 15) is 10.1 Å². The number of likely N-dealkylation sites (tertiary alicyclic amines) is 1. The number of carbonyl (C=O) groups excluding carboxylic acids is 1. The van der Waals surface area contributed by atoms with Gasteiger partial charge in [-0.2, -0.15) is 10.4 Å². The zero-order valence-corrected chi connectivity index (χ0v) is 16.7. The number of carbonyl (C=O) groups is 1. The number of nitriles is 1. The SMILES string of the molecule is C.Cn1cc(Nc2nccc(-c3ccn(C4(CC#N)CN(C(=O)C5CC5)C4)c3)n2)cn1.[2H][3H]. The van der Waals surface area contributed by atoms with Crippen LogP contribution >= 0.6 is 0 Å². The molecule has 0 atom stereocenters. The van der Waals surface area contributed by atoms with Crippen LogP contribution in [0.2, 0.25) is 0 Å². The molecule has 9 nitrogen and oxygen atoms in total. The van der Waals surface area contributed by atoms with Crippen molar-refractivity contribution in [2.75, 3.05) is 18.4 Å². The van der Waals surface area contributed by atoms with Crippen LogP contribution in [0.1, 0.15) is 29.7 Å². The first-order valence-electron chi connectivity index (χ1n) is 11.0. The third-order valence-electron chi connectivity index (χ3n) is 5.77. The smallest absolute Gasteiger partial charge is 0.227 e. The Bertz CT molecular complexity index is 1140. The highest BCUT2D eigenvalue weighted by molar-refractivity contribution is 5.82. The number of amides is 1. The highest BCUT2D eigenvalue weighted by atomic mass is 16.2. The van der Waals surface area contributed by atoms with E-state index in [-0.39, 0.29) is 24.8 Å². The molecule has 0 radical (unpaired) electrons. The fraction of sp³-hybridized carbons (Fsp3) is 0.409. The van der Waals surface area contributed by atoms with Gasteiger partial charge in [-0.1, -0.05) is 7.43 Å². The van der Waals surface area contributed by atoms with Crippen LogP contribution in [0.4, 0.5) is 11.6 Å². The fourth-order valence-electron chi connectivity index (χ4n) is 3.96. The van der Waals surface area contributed by atoms with E-state index in [2.05, 4.69) is 31.0 Å². The molecule has 1 amide bonds. The van der Waals surface area contributed by atoms with Crippen molar-refractivity contribution in [3.05, 3.63) is 43.1 Å². The number of nitrogens with zero attached hydrogens (tertiary/aromatic N) is 7. The van der Waals surface area contributed by atoms with Crippen molar-refractivity contribution < 1.29 is 7.76 Å². The lowest BCUT2D eigenvalue weighted by molar-refractivity contribution is -0.143. The zero-order chi connectivity index (χ0) is 22.7. The minimum absolute atomic E-state index is 0. The molecule has 0 unspecified atom stereocenters. The quantitative estimate of drug-likeness (QED) is 0.653. The summed E-state index contributed by atoms with van der Waals surface area (Å²) in [5.41, 5.74) is 2.18. The monoisotopic (exact) mass is 423 g/mol. The Kier molecular flexibility index (Phi) is 4.90. The molecule has 0 aromatic carbocycles. The van der Waals surface area contributed by atoms with Crippen molar-refractivity contribution in [3.8, 4) is 17.3 Å². The highest BCUT2D eigenvalue weighted by Crippen LogP contribution is 2.39. The lowest BCUT2D eigenvalue weighted by Crippen LogP contribution is -2.64. The molecular weight excluding hydrogens is 392 g/mol. The molecule has 31 heavy (non-hydrogen) atoms. The predicted octanol–water partition coefficient (Wildman–Crippen LogP) is 3.17. The summed E-state index contributed by atoms with van der Waals surface area (Å²) in [6.07, 6.45) is 11.6. The third kappa shape index (κ3) is 3.89. The van der Waals surface area contributed by atoms with E-state index in [1.165, 1.54) is 0 Å².